The first-order valence-corrected chi connectivity index (χ1v) is 10.5. The summed E-state index contributed by atoms with van der Waals surface area (Å²) in [5, 5.41) is 12.3. The van der Waals surface area contributed by atoms with Crippen LogP contribution >= 0.6 is 0 Å². The summed E-state index contributed by atoms with van der Waals surface area (Å²) in [5.74, 6) is 0.385. The van der Waals surface area contributed by atoms with Crippen LogP contribution in [0.5, 0.6) is 0 Å². The number of ether oxygens (including phenoxy) is 1. The predicted molar refractivity (Wildman–Crippen MR) is 117 cm³/mol. The van der Waals surface area contributed by atoms with Gasteiger partial charge in [0.1, 0.15) is 0 Å². The molecule has 0 radical (unpaired) electrons. The Labute approximate surface area is 175 Å². The van der Waals surface area contributed by atoms with Crippen LogP contribution in [0, 0.1) is 12.3 Å². The molecule has 1 saturated heterocycles. The minimum absolute atomic E-state index is 0.0142. The second kappa shape index (κ2) is 9.41. The Hall–Kier alpha value is -1.70. The van der Waals surface area contributed by atoms with E-state index in [0.29, 0.717) is 19.1 Å². The van der Waals surface area contributed by atoms with E-state index in [2.05, 4.69) is 72.4 Å². The number of likely N-dealkylation sites (tertiary alicyclic amines) is 1. The van der Waals surface area contributed by atoms with Crippen LogP contribution in [0.4, 0.5) is 0 Å². The fourth-order valence-electron chi connectivity index (χ4n) is 4.46. The van der Waals surface area contributed by atoms with Crippen molar-refractivity contribution < 1.29 is 9.94 Å². The summed E-state index contributed by atoms with van der Waals surface area (Å²) in [6.45, 7) is 16.4. The highest BCUT2D eigenvalue weighted by Crippen LogP contribution is 2.48. The van der Waals surface area contributed by atoms with Crippen molar-refractivity contribution in [2.75, 3.05) is 33.3 Å². The van der Waals surface area contributed by atoms with Crippen LogP contribution < -0.4 is 10.8 Å². The van der Waals surface area contributed by atoms with Gasteiger partial charge < -0.3 is 10.1 Å². The van der Waals surface area contributed by atoms with E-state index in [1.165, 1.54) is 5.56 Å². The van der Waals surface area contributed by atoms with Gasteiger partial charge in [-0.25, -0.2) is 5.48 Å². The minimum atomic E-state index is -0.268. The van der Waals surface area contributed by atoms with Crippen molar-refractivity contribution in [2.24, 2.45) is 10.4 Å². The Morgan fingerprint density at radius 2 is 2.07 bits per heavy atom. The fourth-order valence-corrected chi connectivity index (χ4v) is 4.46. The largest absolute Gasteiger partial charge is 0.375 e. The number of hydroxylamine groups is 1. The zero-order chi connectivity index (χ0) is 21.7. The van der Waals surface area contributed by atoms with Crippen LogP contribution in [-0.2, 0) is 10.3 Å². The van der Waals surface area contributed by atoms with Crippen molar-refractivity contribution in [2.45, 2.75) is 65.5 Å². The number of aliphatic imine (C=N–C) groups is 1. The van der Waals surface area contributed by atoms with Crippen LogP contribution in [-0.4, -0.2) is 59.9 Å². The highest BCUT2D eigenvalue weighted by molar-refractivity contribution is 5.78. The Morgan fingerprint density at radius 1 is 1.34 bits per heavy atom. The third-order valence-corrected chi connectivity index (χ3v) is 6.77. The molecule has 0 aromatic carbocycles. The molecule has 0 unspecified atom stereocenters. The van der Waals surface area contributed by atoms with E-state index in [-0.39, 0.29) is 16.6 Å². The van der Waals surface area contributed by atoms with Crippen LogP contribution in [0.2, 0.25) is 0 Å². The second-order valence-corrected chi connectivity index (χ2v) is 9.00. The molecule has 7 nitrogen and oxygen atoms in total. The topological polar surface area (TPSA) is 82.0 Å². The molecule has 1 aromatic rings. The average molecular weight is 406 g/mol. The number of aryl methyl sites for hydroxylation is 1. The summed E-state index contributed by atoms with van der Waals surface area (Å²) >= 11 is 0. The highest BCUT2D eigenvalue weighted by atomic mass is 16.5. The van der Waals surface area contributed by atoms with Crippen LogP contribution in [0.15, 0.2) is 23.3 Å². The summed E-state index contributed by atoms with van der Waals surface area (Å²) in [6.07, 6.45) is 3.97. The van der Waals surface area contributed by atoms with Gasteiger partial charge in [-0.05, 0) is 72.6 Å². The van der Waals surface area contributed by atoms with Gasteiger partial charge in [-0.1, -0.05) is 6.07 Å². The zero-order valence-corrected chi connectivity index (χ0v) is 19.2. The van der Waals surface area contributed by atoms with Crippen molar-refractivity contribution >= 4 is 5.96 Å². The molecule has 3 N–H and O–H groups in total. The smallest absolute Gasteiger partial charge is 0.215 e. The van der Waals surface area contributed by atoms with Gasteiger partial charge in [0.2, 0.25) is 5.96 Å². The van der Waals surface area contributed by atoms with Gasteiger partial charge in [-0.3, -0.25) is 20.1 Å². The Kier molecular flexibility index (Phi) is 7.65. The van der Waals surface area contributed by atoms with Gasteiger partial charge in [0, 0.05) is 49.6 Å². The molecule has 0 saturated carbocycles. The number of pyridine rings is 1. The molecule has 2 heterocycles. The standard InChI is InChI=1S/C22H39N5O2/c1-8-29-21(5,6)22(11-13-24-19(23-7)26-28)12-14-27(16-22)20(3,4)18-10-9-17(2)25-15-18/h9-10,15,28H,8,11-14,16H2,1-7H3,(H2,23,24,26)/t22-/m1/s1. The molecule has 1 aliphatic heterocycles. The molecule has 164 valence electrons. The first-order chi connectivity index (χ1) is 13.6. The SMILES string of the molecule is CCOC(C)(C)[C@]1(CCNC(=NC)NO)CCN(C(C)(C)c2ccc(C)nc2)C1. The second-order valence-electron chi connectivity index (χ2n) is 9.00. The molecule has 0 bridgehead atoms. The lowest BCUT2D eigenvalue weighted by molar-refractivity contribution is -0.109. The van der Waals surface area contributed by atoms with E-state index in [1.807, 2.05) is 13.1 Å². The van der Waals surface area contributed by atoms with Crippen molar-refractivity contribution in [3.8, 4) is 0 Å². The molecular weight excluding hydrogens is 366 g/mol. The number of nitrogens with zero attached hydrogens (tertiary/aromatic N) is 3. The van der Waals surface area contributed by atoms with E-state index in [1.54, 1.807) is 7.05 Å². The van der Waals surface area contributed by atoms with Crippen molar-refractivity contribution in [1.82, 2.24) is 20.7 Å². The van der Waals surface area contributed by atoms with E-state index < -0.39 is 0 Å². The van der Waals surface area contributed by atoms with Crippen molar-refractivity contribution in [3.63, 3.8) is 0 Å². The van der Waals surface area contributed by atoms with Gasteiger partial charge in [0.15, 0.2) is 0 Å². The van der Waals surface area contributed by atoms with E-state index in [0.717, 1.165) is 31.6 Å². The molecule has 0 amide bonds. The van der Waals surface area contributed by atoms with Gasteiger partial charge in [-0.2, -0.15) is 0 Å². The third-order valence-electron chi connectivity index (χ3n) is 6.77. The van der Waals surface area contributed by atoms with Crippen molar-refractivity contribution in [3.05, 3.63) is 29.6 Å². The molecule has 0 spiro atoms. The summed E-state index contributed by atoms with van der Waals surface area (Å²) in [5.41, 5.74) is 3.98. The van der Waals surface area contributed by atoms with Crippen LogP contribution in [0.1, 0.15) is 58.7 Å². The molecule has 1 fully saturated rings. The van der Waals surface area contributed by atoms with E-state index >= 15 is 0 Å². The lowest BCUT2D eigenvalue weighted by Gasteiger charge is -2.46. The van der Waals surface area contributed by atoms with E-state index in [4.69, 9.17) is 9.94 Å². The summed E-state index contributed by atoms with van der Waals surface area (Å²) in [6, 6.07) is 4.27. The molecule has 1 aromatic heterocycles. The summed E-state index contributed by atoms with van der Waals surface area (Å²) < 4.78 is 6.25. The fraction of sp³-hybridized carbons (Fsp3) is 0.727. The maximum absolute atomic E-state index is 9.14. The predicted octanol–water partition coefficient (Wildman–Crippen LogP) is 3.08. The Balaban J connectivity index is 2.23. The first-order valence-electron chi connectivity index (χ1n) is 10.5. The van der Waals surface area contributed by atoms with E-state index in [9.17, 15) is 0 Å². The number of rotatable bonds is 8. The number of hydrogen-bond acceptors (Lipinski definition) is 5. The zero-order valence-electron chi connectivity index (χ0n) is 19.2. The van der Waals surface area contributed by atoms with Crippen LogP contribution in [0.3, 0.4) is 0 Å². The number of hydrogen-bond donors (Lipinski definition) is 3. The summed E-state index contributed by atoms with van der Waals surface area (Å²) in [7, 11) is 1.64. The third kappa shape index (κ3) is 5.08. The number of guanidine groups is 1. The quantitative estimate of drug-likeness (QED) is 0.350. The molecule has 1 aliphatic rings. The van der Waals surface area contributed by atoms with Gasteiger partial charge in [0.25, 0.3) is 0 Å². The monoisotopic (exact) mass is 405 g/mol. The molecule has 1 atom stereocenters. The lowest BCUT2D eigenvalue weighted by Crippen LogP contribution is -2.51. The van der Waals surface area contributed by atoms with Gasteiger partial charge >= 0.3 is 0 Å². The lowest BCUT2D eigenvalue weighted by atomic mass is 9.70. The molecular formula is C22H39N5O2. The van der Waals surface area contributed by atoms with Crippen LogP contribution in [0.25, 0.3) is 0 Å². The normalized spacial score (nSPS) is 21.4. The maximum atomic E-state index is 9.14. The van der Waals surface area contributed by atoms with Crippen molar-refractivity contribution in [1.29, 1.82) is 0 Å². The molecule has 0 aliphatic carbocycles. The highest BCUT2D eigenvalue weighted by Gasteiger charge is 2.52. The van der Waals surface area contributed by atoms with Gasteiger partial charge in [0.05, 0.1) is 5.60 Å². The summed E-state index contributed by atoms with van der Waals surface area (Å²) in [4.78, 5) is 11.1. The number of aromatic nitrogens is 1. The number of nitrogens with one attached hydrogen (secondary N) is 2. The molecule has 2 rings (SSSR count). The molecule has 7 heteroatoms. The molecule has 29 heavy (non-hydrogen) atoms. The Bertz CT molecular complexity index is 687. The first kappa shape index (κ1) is 23.6. The van der Waals surface area contributed by atoms with Gasteiger partial charge in [-0.15, -0.1) is 0 Å². The minimum Gasteiger partial charge on any atom is -0.375 e. The Morgan fingerprint density at radius 3 is 2.62 bits per heavy atom. The average Bonchev–Trinajstić information content (AvgIpc) is 3.13. The maximum Gasteiger partial charge on any atom is 0.215 e.